The van der Waals surface area contributed by atoms with E-state index >= 15 is 34.8 Å². The van der Waals surface area contributed by atoms with Crippen LogP contribution in [0.15, 0.2) is 51.1 Å². The van der Waals surface area contributed by atoms with Gasteiger partial charge in [0.25, 0.3) is 0 Å². The smallest absolute Gasteiger partial charge is 0.202 e. The molecule has 0 aliphatic heterocycles. The molecular formula is C76H123F9O3S2. The highest BCUT2D eigenvalue weighted by molar-refractivity contribution is 8.33. The highest BCUT2D eigenvalue weighted by Gasteiger charge is 2.86. The zero-order valence-corrected chi connectivity index (χ0v) is 59.4. The number of alkyl halides is 9. The first-order chi connectivity index (χ1) is 43.0. The molecule has 90 heavy (non-hydrogen) atoms. The summed E-state index contributed by atoms with van der Waals surface area (Å²) >= 11 is 0. The number of unbranched alkanes of at least 4 members (excludes halogenated alkanes) is 27. The van der Waals surface area contributed by atoms with Crippen molar-refractivity contribution in [3.05, 3.63) is 86.5 Å². The maximum absolute atomic E-state index is 17.8. The fraction of sp³-hybridized carbons (Fsp3) is 0.763. The molecule has 3 rings (SSSR count). The predicted molar refractivity (Wildman–Crippen MR) is 363 cm³/mol. The molecule has 0 aliphatic rings. The third-order valence-corrected chi connectivity index (χ3v) is 23.9. The lowest BCUT2D eigenvalue weighted by atomic mass is 9.94. The highest BCUT2D eigenvalue weighted by atomic mass is 32.3. The summed E-state index contributed by atoms with van der Waals surface area (Å²) in [7, 11) is -12.1. The minimum absolute atomic E-state index is 0.318. The Morgan fingerprint density at radius 2 is 0.467 bits per heavy atom. The van der Waals surface area contributed by atoms with E-state index in [4.69, 9.17) is 3.63 Å². The molecule has 0 saturated heterocycles. The lowest BCUT2D eigenvalue weighted by molar-refractivity contribution is -0.382. The molecule has 3 aromatic rings. The minimum Gasteiger partial charge on any atom is -0.202 e. The number of hydrogen-bond donors (Lipinski definition) is 0. The Kier molecular flexibility index (Phi) is 38.6. The van der Waals surface area contributed by atoms with Gasteiger partial charge in [-0.3, -0.25) is 0 Å². The number of halogens is 9. The van der Waals surface area contributed by atoms with E-state index in [0.29, 0.717) is 144 Å². The van der Waals surface area contributed by atoms with Gasteiger partial charge in [0.1, 0.15) is 0 Å². The molecule has 0 bridgehead atoms. The average Bonchev–Trinajstić information content (AvgIpc) is 0.698. The van der Waals surface area contributed by atoms with Crippen LogP contribution >= 0.6 is 10.3 Å². The summed E-state index contributed by atoms with van der Waals surface area (Å²) in [6, 6.07) is 12.4. The lowest BCUT2D eigenvalue weighted by Gasteiger charge is -2.47. The predicted octanol–water partition coefficient (Wildman–Crippen LogP) is 26.8. The van der Waals surface area contributed by atoms with Crippen LogP contribution < -0.4 is 0 Å². The Hall–Kier alpha value is -2.71. The van der Waals surface area contributed by atoms with E-state index in [1.165, 1.54) is 0 Å². The standard InChI is InChI=1S/C76H123F9O3S2/c1-10-19-28-37-46-61-55-64(49-40-31-22-13-4)70(65(56-61)50-41-32-23-14-5)89(88-90(86,87)76(84,85)74(79,80)73(77,78)75(81,82)83,71-66(51-42-33-24-15-6)57-62(47-38-29-20-11-2)58-67(71)52-43-34-25-16-7)72-68(53-44-35-26-17-8)59-63(48-39-30-21-12-3)60-69(72)54-45-36-27-18-9/h55-60H,10-54H2,1-9H3. The summed E-state index contributed by atoms with van der Waals surface area (Å²) < 4.78 is 182. The molecule has 520 valence electrons. The van der Waals surface area contributed by atoms with Gasteiger partial charge in [-0.05, 0) is 176 Å². The van der Waals surface area contributed by atoms with Crippen LogP contribution in [0.2, 0.25) is 0 Å². The van der Waals surface area contributed by atoms with Gasteiger partial charge in [-0.15, -0.1) is 0 Å². The van der Waals surface area contributed by atoms with Crippen LogP contribution in [0.3, 0.4) is 0 Å². The van der Waals surface area contributed by atoms with E-state index in [9.17, 15) is 13.2 Å². The first-order valence-electron chi connectivity index (χ1n) is 36.4. The van der Waals surface area contributed by atoms with E-state index in [1.54, 1.807) is 0 Å². The number of rotatable bonds is 53. The zero-order valence-electron chi connectivity index (χ0n) is 57.7. The van der Waals surface area contributed by atoms with Crippen LogP contribution in [0.1, 0.15) is 344 Å². The molecule has 0 N–H and O–H groups in total. The fourth-order valence-electron chi connectivity index (χ4n) is 13.0. The Morgan fingerprint density at radius 3 is 0.644 bits per heavy atom. The summed E-state index contributed by atoms with van der Waals surface area (Å²) in [5.74, 6) is -15.0. The van der Waals surface area contributed by atoms with Gasteiger partial charge in [0.2, 0.25) is 0 Å². The Balaban J connectivity index is 3.23. The van der Waals surface area contributed by atoms with Crippen LogP contribution in [-0.4, -0.2) is 31.7 Å². The Bertz CT molecular complexity index is 2250. The van der Waals surface area contributed by atoms with Gasteiger partial charge in [0.05, 0.1) is 0 Å². The van der Waals surface area contributed by atoms with Crippen molar-refractivity contribution in [3.63, 3.8) is 0 Å². The molecule has 0 atom stereocenters. The van der Waals surface area contributed by atoms with Crippen LogP contribution in [0.4, 0.5) is 39.5 Å². The summed E-state index contributed by atoms with van der Waals surface area (Å²) in [5, 5.41) is -7.11. The van der Waals surface area contributed by atoms with Gasteiger partial charge < -0.3 is 0 Å². The van der Waals surface area contributed by atoms with Gasteiger partial charge in [-0.25, -0.2) is 3.63 Å². The third kappa shape index (κ3) is 23.9. The van der Waals surface area contributed by atoms with Gasteiger partial charge in [0.15, 0.2) is 0 Å². The zero-order chi connectivity index (χ0) is 66.7. The fourth-order valence-corrected chi connectivity index (χ4v) is 19.4. The quantitative estimate of drug-likeness (QED) is 0.0418. The Morgan fingerprint density at radius 1 is 0.278 bits per heavy atom. The van der Waals surface area contributed by atoms with E-state index in [0.717, 1.165) is 209 Å². The first-order valence-corrected chi connectivity index (χ1v) is 39.4. The minimum atomic E-state index is -7.56. The van der Waals surface area contributed by atoms with E-state index in [-0.39, 0.29) is 0 Å². The summed E-state index contributed by atoms with van der Waals surface area (Å²) in [6.07, 6.45) is 26.6. The molecule has 0 saturated carbocycles. The second-order valence-corrected chi connectivity index (χ2v) is 30.6. The molecule has 0 amide bonds. The van der Waals surface area contributed by atoms with Crippen molar-refractivity contribution in [1.82, 2.24) is 0 Å². The number of aryl methyl sites for hydroxylation is 9. The monoisotopic (exact) mass is 1320 g/mol. The van der Waals surface area contributed by atoms with E-state index < -0.39 is 43.7 Å². The summed E-state index contributed by atoms with van der Waals surface area (Å²) in [6.45, 7) is 19.0. The first kappa shape index (κ1) is 81.5. The molecule has 0 heterocycles. The van der Waals surface area contributed by atoms with Crippen LogP contribution in [-0.2, 0) is 71.5 Å². The average molecular weight is 1320 g/mol. The van der Waals surface area contributed by atoms with Gasteiger partial charge in [0, 0.05) is 14.7 Å². The molecule has 0 spiro atoms. The highest BCUT2D eigenvalue weighted by Crippen LogP contribution is 2.76. The molecule has 0 aliphatic carbocycles. The van der Waals surface area contributed by atoms with E-state index in [1.807, 2.05) is 0 Å². The summed E-state index contributed by atoms with van der Waals surface area (Å²) in [5.41, 5.74) is 6.73. The van der Waals surface area contributed by atoms with Gasteiger partial charge >= 0.3 is 33.4 Å². The van der Waals surface area contributed by atoms with Crippen molar-refractivity contribution < 1.29 is 51.6 Å². The van der Waals surface area contributed by atoms with Crippen LogP contribution in [0, 0.1) is 0 Å². The topological polar surface area (TPSA) is 43.4 Å². The lowest BCUT2D eigenvalue weighted by Crippen LogP contribution is -2.63. The van der Waals surface area contributed by atoms with Crippen molar-refractivity contribution in [2.45, 2.75) is 389 Å². The van der Waals surface area contributed by atoms with Crippen molar-refractivity contribution in [3.8, 4) is 0 Å². The SMILES string of the molecule is CCCCCCc1cc(CCCCCC)c(S(OS(=O)(=O)C(F)(F)C(F)(F)C(F)(F)C(F)(F)F)(c2c(CCCCCC)cc(CCCCCC)cc2CCCCCC)c2c(CCCCCC)cc(CCCCCC)cc2CCCCCC)c(CCCCCC)c1. The molecule has 0 unspecified atom stereocenters. The van der Waals surface area contributed by atoms with Gasteiger partial charge in [-0.1, -0.05) is 272 Å². The second kappa shape index (κ2) is 42.7. The van der Waals surface area contributed by atoms with Crippen molar-refractivity contribution in [1.29, 1.82) is 0 Å². The second-order valence-electron chi connectivity index (χ2n) is 26.3. The van der Waals surface area contributed by atoms with Crippen molar-refractivity contribution in [2.75, 3.05) is 0 Å². The normalized spacial score (nSPS) is 13.1. The Labute approximate surface area is 544 Å². The van der Waals surface area contributed by atoms with Gasteiger partial charge in [-0.2, -0.15) is 47.9 Å². The van der Waals surface area contributed by atoms with Crippen molar-refractivity contribution >= 4 is 20.4 Å². The number of benzene rings is 3. The maximum Gasteiger partial charge on any atom is 0.460 e. The summed E-state index contributed by atoms with van der Waals surface area (Å²) in [4.78, 5) is 0.955. The molecule has 14 heteroatoms. The molecular weight excluding hydrogens is 1200 g/mol. The van der Waals surface area contributed by atoms with Crippen molar-refractivity contribution in [2.24, 2.45) is 0 Å². The number of hydrogen-bond acceptors (Lipinski definition) is 3. The third-order valence-electron chi connectivity index (χ3n) is 18.1. The van der Waals surface area contributed by atoms with Crippen LogP contribution in [0.25, 0.3) is 0 Å². The molecule has 0 aromatic heterocycles. The molecule has 0 fully saturated rings. The van der Waals surface area contributed by atoms with Crippen LogP contribution in [0.5, 0.6) is 0 Å². The molecule has 0 radical (unpaired) electrons. The maximum atomic E-state index is 17.8. The largest absolute Gasteiger partial charge is 0.460 e. The van der Waals surface area contributed by atoms with E-state index in [2.05, 4.69) is 98.7 Å². The molecule has 3 nitrogen and oxygen atoms in total. The molecule has 3 aromatic carbocycles.